The summed E-state index contributed by atoms with van der Waals surface area (Å²) < 4.78 is 61.1. The van der Waals surface area contributed by atoms with Gasteiger partial charge in [0, 0.05) is 12.5 Å². The van der Waals surface area contributed by atoms with Gasteiger partial charge in [-0.25, -0.2) is 8.78 Å². The van der Waals surface area contributed by atoms with Crippen molar-refractivity contribution in [1.29, 1.82) is 0 Å². The Morgan fingerprint density at radius 2 is 1.74 bits per heavy atom. The summed E-state index contributed by atoms with van der Waals surface area (Å²) in [6.45, 7) is -0.588. The van der Waals surface area contributed by atoms with Gasteiger partial charge in [-0.15, -0.1) is 0 Å². The van der Waals surface area contributed by atoms with E-state index < -0.39 is 43.0 Å². The van der Waals surface area contributed by atoms with Crippen LogP contribution in [-0.4, -0.2) is 36.3 Å². The van der Waals surface area contributed by atoms with Crippen molar-refractivity contribution in [3.63, 3.8) is 0 Å². The Bertz CT molecular complexity index is 300. The van der Waals surface area contributed by atoms with Crippen LogP contribution in [0.25, 0.3) is 0 Å². The molecule has 1 aliphatic rings. The first kappa shape index (κ1) is 16.1. The third kappa shape index (κ3) is 4.93. The Hall–Kier alpha value is -0.920. The number of hydrogen-bond donors (Lipinski definition) is 2. The third-order valence-corrected chi connectivity index (χ3v) is 3.34. The Kier molecular flexibility index (Phi) is 5.51. The maximum Gasteiger partial charge on any atom is 0.391 e. The lowest BCUT2D eigenvalue weighted by Gasteiger charge is -2.29. The lowest BCUT2D eigenvalue weighted by atomic mass is 9.81. The minimum atomic E-state index is -4.24. The molecule has 1 unspecified atom stereocenters. The summed E-state index contributed by atoms with van der Waals surface area (Å²) in [5.41, 5.74) is 0. The second kappa shape index (κ2) is 6.49. The van der Waals surface area contributed by atoms with Gasteiger partial charge in [0.2, 0.25) is 5.91 Å². The van der Waals surface area contributed by atoms with Crippen LogP contribution in [0, 0.1) is 11.8 Å². The van der Waals surface area contributed by atoms with Gasteiger partial charge in [0.15, 0.2) is 0 Å². The van der Waals surface area contributed by atoms with Gasteiger partial charge in [0.05, 0.1) is 5.92 Å². The van der Waals surface area contributed by atoms with Crippen LogP contribution in [0.2, 0.25) is 0 Å². The number of aliphatic hydroxyl groups is 1. The molecular weight excluding hydrogens is 273 g/mol. The average Bonchev–Trinajstić information content (AvgIpc) is 2.34. The predicted octanol–water partition coefficient (Wildman–Crippen LogP) is 2.10. The first-order valence-electron chi connectivity index (χ1n) is 6.02. The van der Waals surface area contributed by atoms with Crippen LogP contribution in [-0.2, 0) is 4.79 Å². The lowest BCUT2D eigenvalue weighted by Crippen LogP contribution is -2.40. The van der Waals surface area contributed by atoms with E-state index in [1.54, 1.807) is 0 Å². The maximum absolute atomic E-state index is 12.4. The van der Waals surface area contributed by atoms with Gasteiger partial charge in [0.1, 0.15) is 6.10 Å². The molecule has 112 valence electrons. The van der Waals surface area contributed by atoms with E-state index in [1.807, 2.05) is 0 Å². The van der Waals surface area contributed by atoms with Gasteiger partial charge < -0.3 is 10.4 Å². The van der Waals surface area contributed by atoms with Gasteiger partial charge in [-0.1, -0.05) is 0 Å². The molecule has 1 atom stereocenters. The molecule has 1 fully saturated rings. The van der Waals surface area contributed by atoms with Crippen molar-refractivity contribution in [2.75, 3.05) is 6.54 Å². The largest absolute Gasteiger partial charge is 0.391 e. The van der Waals surface area contributed by atoms with Crippen molar-refractivity contribution in [3.8, 4) is 0 Å². The summed E-state index contributed by atoms with van der Waals surface area (Å²) in [6, 6.07) is 0. The molecule has 8 heteroatoms. The molecule has 3 nitrogen and oxygen atoms in total. The summed E-state index contributed by atoms with van der Waals surface area (Å²) in [7, 11) is 0. The molecule has 1 saturated carbocycles. The first-order valence-corrected chi connectivity index (χ1v) is 6.02. The molecule has 0 saturated heterocycles. The van der Waals surface area contributed by atoms with Crippen molar-refractivity contribution in [1.82, 2.24) is 5.32 Å². The van der Waals surface area contributed by atoms with Crippen LogP contribution >= 0.6 is 0 Å². The summed E-state index contributed by atoms with van der Waals surface area (Å²) in [4.78, 5) is 11.5. The number of nitrogens with one attached hydrogen (secondary N) is 1. The summed E-state index contributed by atoms with van der Waals surface area (Å²) >= 11 is 0. The van der Waals surface area contributed by atoms with Gasteiger partial charge in [0.25, 0.3) is 6.43 Å². The number of alkyl halides is 5. The van der Waals surface area contributed by atoms with E-state index in [2.05, 4.69) is 5.32 Å². The molecule has 0 aromatic heterocycles. The van der Waals surface area contributed by atoms with E-state index in [0.717, 1.165) is 0 Å². The molecule has 0 spiro atoms. The van der Waals surface area contributed by atoms with Crippen LogP contribution in [0.4, 0.5) is 22.0 Å². The topological polar surface area (TPSA) is 49.3 Å². The molecule has 0 aromatic rings. The van der Waals surface area contributed by atoms with Crippen LogP contribution in [0.1, 0.15) is 25.7 Å². The predicted molar refractivity (Wildman–Crippen MR) is 56.5 cm³/mol. The van der Waals surface area contributed by atoms with E-state index >= 15 is 0 Å². The van der Waals surface area contributed by atoms with Crippen molar-refractivity contribution in [2.45, 2.75) is 44.4 Å². The lowest BCUT2D eigenvalue weighted by molar-refractivity contribution is -0.184. The fourth-order valence-electron chi connectivity index (χ4n) is 2.12. The maximum atomic E-state index is 12.4. The normalized spacial score (nSPS) is 26.3. The minimum Gasteiger partial charge on any atom is -0.385 e. The molecule has 0 heterocycles. The highest BCUT2D eigenvalue weighted by molar-refractivity contribution is 5.78. The van der Waals surface area contributed by atoms with E-state index in [4.69, 9.17) is 5.11 Å². The average molecular weight is 289 g/mol. The fraction of sp³-hybridized carbons (Fsp3) is 0.909. The van der Waals surface area contributed by atoms with Crippen LogP contribution in [0.15, 0.2) is 0 Å². The summed E-state index contributed by atoms with van der Waals surface area (Å²) in [6.07, 6.45) is -9.23. The van der Waals surface area contributed by atoms with Crippen LogP contribution in [0.5, 0.6) is 0 Å². The Morgan fingerprint density at radius 1 is 1.21 bits per heavy atom. The SMILES string of the molecule is O=C(NCC(O)C(F)F)C1CCC(C(F)(F)F)CC1. The Balaban J connectivity index is 2.33. The monoisotopic (exact) mass is 289 g/mol. The highest BCUT2D eigenvalue weighted by Crippen LogP contribution is 2.39. The van der Waals surface area contributed by atoms with Gasteiger partial charge in [-0.2, -0.15) is 13.2 Å². The Morgan fingerprint density at radius 3 is 2.16 bits per heavy atom. The zero-order valence-corrected chi connectivity index (χ0v) is 10.1. The van der Waals surface area contributed by atoms with Gasteiger partial charge in [-0.3, -0.25) is 4.79 Å². The highest BCUT2D eigenvalue weighted by atomic mass is 19.4. The minimum absolute atomic E-state index is 0.0841. The van der Waals surface area contributed by atoms with Crippen molar-refractivity contribution >= 4 is 5.91 Å². The molecule has 1 rings (SSSR count). The zero-order chi connectivity index (χ0) is 14.6. The van der Waals surface area contributed by atoms with Gasteiger partial charge in [-0.05, 0) is 25.7 Å². The van der Waals surface area contributed by atoms with Crippen LogP contribution < -0.4 is 5.32 Å². The van der Waals surface area contributed by atoms with E-state index in [0.29, 0.717) is 0 Å². The first-order chi connectivity index (χ1) is 8.71. The molecular formula is C11H16F5NO2. The molecule has 0 aliphatic heterocycles. The number of halogens is 5. The number of aliphatic hydroxyl groups excluding tert-OH is 1. The fourth-order valence-corrected chi connectivity index (χ4v) is 2.12. The Labute approximate surface area is 107 Å². The quantitative estimate of drug-likeness (QED) is 0.779. The standard InChI is InChI=1S/C11H16F5NO2/c12-9(13)8(18)5-17-10(19)6-1-3-7(4-2-6)11(14,15)16/h6-9,18H,1-5H2,(H,17,19). The summed E-state index contributed by atoms with van der Waals surface area (Å²) in [5, 5.41) is 10.9. The van der Waals surface area contributed by atoms with E-state index in [1.165, 1.54) is 0 Å². The highest BCUT2D eigenvalue weighted by Gasteiger charge is 2.42. The van der Waals surface area contributed by atoms with Crippen molar-refractivity contribution in [2.24, 2.45) is 11.8 Å². The smallest absolute Gasteiger partial charge is 0.385 e. The number of rotatable bonds is 4. The zero-order valence-electron chi connectivity index (χ0n) is 10.1. The number of amides is 1. The van der Waals surface area contributed by atoms with Gasteiger partial charge >= 0.3 is 6.18 Å². The molecule has 0 bridgehead atoms. The number of hydrogen-bond acceptors (Lipinski definition) is 2. The van der Waals surface area contributed by atoms with Crippen LogP contribution in [0.3, 0.4) is 0 Å². The third-order valence-electron chi connectivity index (χ3n) is 3.34. The number of carbonyl (C=O) groups excluding carboxylic acids is 1. The van der Waals surface area contributed by atoms with Crippen molar-refractivity contribution in [3.05, 3.63) is 0 Å². The molecule has 0 radical (unpaired) electrons. The van der Waals surface area contributed by atoms with E-state index in [-0.39, 0.29) is 25.7 Å². The van der Waals surface area contributed by atoms with E-state index in [9.17, 15) is 26.7 Å². The molecule has 1 amide bonds. The molecule has 1 aliphatic carbocycles. The van der Waals surface area contributed by atoms with Crippen molar-refractivity contribution < 1.29 is 31.9 Å². The summed E-state index contributed by atoms with van der Waals surface area (Å²) in [5.74, 6) is -2.55. The second-order valence-corrected chi connectivity index (χ2v) is 4.74. The molecule has 2 N–H and O–H groups in total. The number of carbonyl (C=O) groups is 1. The second-order valence-electron chi connectivity index (χ2n) is 4.74. The molecule has 0 aromatic carbocycles. The molecule has 19 heavy (non-hydrogen) atoms.